The van der Waals surface area contributed by atoms with Gasteiger partial charge in [-0.3, -0.25) is 4.99 Å². The molecule has 6 nitrogen and oxygen atoms in total. The summed E-state index contributed by atoms with van der Waals surface area (Å²) in [5.74, 6) is 2.34. The Kier molecular flexibility index (Phi) is 9.21. The van der Waals surface area contributed by atoms with E-state index in [4.69, 9.17) is 14.2 Å². The molecule has 1 saturated carbocycles. The summed E-state index contributed by atoms with van der Waals surface area (Å²) in [6.45, 7) is 3.58. The van der Waals surface area contributed by atoms with Crippen LogP contribution in [0.4, 0.5) is 4.39 Å². The van der Waals surface area contributed by atoms with Crippen molar-refractivity contribution >= 4 is 29.9 Å². The minimum absolute atomic E-state index is 0. The SMILES string of the molecule is CCOc1c(OC)cc(CNC(=NC)NCC2(c3ccccc3F)CC2)cc1OC.I. The fraction of sp³-hybridized carbons (Fsp3) is 0.435. The van der Waals surface area contributed by atoms with Crippen LogP contribution in [0.1, 0.15) is 30.9 Å². The Balaban J connectivity index is 0.00000341. The second kappa shape index (κ2) is 11.4. The molecular weight excluding hydrogens is 512 g/mol. The molecule has 0 amide bonds. The zero-order valence-corrected chi connectivity index (χ0v) is 20.8. The van der Waals surface area contributed by atoms with Crippen molar-refractivity contribution in [1.29, 1.82) is 0 Å². The first-order valence-corrected chi connectivity index (χ1v) is 10.1. The summed E-state index contributed by atoms with van der Waals surface area (Å²) in [6, 6.07) is 10.8. The summed E-state index contributed by atoms with van der Waals surface area (Å²) in [7, 11) is 4.93. The van der Waals surface area contributed by atoms with Crippen LogP contribution < -0.4 is 24.8 Å². The van der Waals surface area contributed by atoms with E-state index in [0.29, 0.717) is 42.9 Å². The molecule has 0 spiro atoms. The molecule has 1 fully saturated rings. The first-order valence-electron chi connectivity index (χ1n) is 10.1. The molecule has 0 saturated heterocycles. The zero-order valence-electron chi connectivity index (χ0n) is 18.5. The number of hydrogen-bond donors (Lipinski definition) is 2. The summed E-state index contributed by atoms with van der Waals surface area (Å²) in [5.41, 5.74) is 1.58. The number of hydrogen-bond acceptors (Lipinski definition) is 4. The van der Waals surface area contributed by atoms with Gasteiger partial charge in [0.2, 0.25) is 5.75 Å². The number of methoxy groups -OCH3 is 2. The van der Waals surface area contributed by atoms with E-state index in [1.54, 1.807) is 27.3 Å². The number of ether oxygens (including phenoxy) is 3. The Morgan fingerprint density at radius 3 is 2.26 bits per heavy atom. The van der Waals surface area contributed by atoms with E-state index in [1.165, 1.54) is 6.07 Å². The lowest BCUT2D eigenvalue weighted by atomic mass is 9.95. The Morgan fingerprint density at radius 1 is 1.10 bits per heavy atom. The molecule has 0 heterocycles. The topological polar surface area (TPSA) is 64.1 Å². The van der Waals surface area contributed by atoms with E-state index in [0.717, 1.165) is 24.0 Å². The molecule has 0 atom stereocenters. The smallest absolute Gasteiger partial charge is 0.203 e. The molecule has 0 aromatic heterocycles. The highest BCUT2D eigenvalue weighted by molar-refractivity contribution is 14.0. The lowest BCUT2D eigenvalue weighted by Gasteiger charge is -2.20. The predicted octanol–water partition coefficient (Wildman–Crippen LogP) is 4.26. The van der Waals surface area contributed by atoms with Crippen molar-refractivity contribution in [3.8, 4) is 17.2 Å². The first kappa shape index (κ1) is 25.0. The normalized spacial score (nSPS) is 14.3. The number of rotatable bonds is 9. The van der Waals surface area contributed by atoms with Crippen LogP contribution in [0.25, 0.3) is 0 Å². The molecule has 0 radical (unpaired) electrons. The Labute approximate surface area is 200 Å². The van der Waals surface area contributed by atoms with Gasteiger partial charge in [0.05, 0.1) is 20.8 Å². The van der Waals surface area contributed by atoms with E-state index in [1.807, 2.05) is 31.2 Å². The number of halogens is 2. The Hall–Kier alpha value is -2.23. The van der Waals surface area contributed by atoms with E-state index in [9.17, 15) is 4.39 Å². The Bertz CT molecular complexity index is 878. The molecule has 3 rings (SSSR count). The molecule has 2 N–H and O–H groups in total. The second-order valence-corrected chi connectivity index (χ2v) is 7.30. The monoisotopic (exact) mass is 543 g/mol. The third-order valence-corrected chi connectivity index (χ3v) is 5.39. The summed E-state index contributed by atoms with van der Waals surface area (Å²) in [6.07, 6.45) is 1.93. The minimum atomic E-state index is -0.158. The molecule has 1 aliphatic rings. The molecular formula is C23H31FIN3O3. The highest BCUT2D eigenvalue weighted by Gasteiger charge is 2.45. The summed E-state index contributed by atoms with van der Waals surface area (Å²) in [4.78, 5) is 4.30. The minimum Gasteiger partial charge on any atom is -0.493 e. The largest absolute Gasteiger partial charge is 0.493 e. The quantitative estimate of drug-likeness (QED) is 0.281. The van der Waals surface area contributed by atoms with Crippen molar-refractivity contribution in [2.24, 2.45) is 4.99 Å². The lowest BCUT2D eigenvalue weighted by Crippen LogP contribution is -2.41. The van der Waals surface area contributed by atoms with E-state index >= 15 is 0 Å². The van der Waals surface area contributed by atoms with Crippen LogP contribution >= 0.6 is 24.0 Å². The van der Waals surface area contributed by atoms with Crippen LogP contribution in [0, 0.1) is 5.82 Å². The maximum atomic E-state index is 14.2. The van der Waals surface area contributed by atoms with Crippen molar-refractivity contribution in [1.82, 2.24) is 10.6 Å². The van der Waals surface area contributed by atoms with Crippen LogP contribution in [0.2, 0.25) is 0 Å². The van der Waals surface area contributed by atoms with Crippen LogP contribution in [0.5, 0.6) is 17.2 Å². The maximum Gasteiger partial charge on any atom is 0.203 e. The first-order chi connectivity index (χ1) is 14.6. The van der Waals surface area contributed by atoms with Crippen molar-refractivity contribution < 1.29 is 18.6 Å². The van der Waals surface area contributed by atoms with Gasteiger partial charge < -0.3 is 24.8 Å². The number of benzene rings is 2. The van der Waals surface area contributed by atoms with Gasteiger partial charge in [-0.15, -0.1) is 24.0 Å². The maximum absolute atomic E-state index is 14.2. The van der Waals surface area contributed by atoms with Gasteiger partial charge >= 0.3 is 0 Å². The number of guanidine groups is 1. The lowest BCUT2D eigenvalue weighted by molar-refractivity contribution is 0.288. The van der Waals surface area contributed by atoms with Gasteiger partial charge in [-0.1, -0.05) is 18.2 Å². The van der Waals surface area contributed by atoms with E-state index in [2.05, 4.69) is 15.6 Å². The van der Waals surface area contributed by atoms with Crippen molar-refractivity contribution in [3.05, 3.63) is 53.3 Å². The third-order valence-electron chi connectivity index (χ3n) is 5.39. The third kappa shape index (κ3) is 5.93. The number of nitrogens with zero attached hydrogens (tertiary/aromatic N) is 1. The van der Waals surface area contributed by atoms with Gasteiger partial charge in [-0.2, -0.15) is 0 Å². The highest BCUT2D eigenvalue weighted by atomic mass is 127. The van der Waals surface area contributed by atoms with Gasteiger partial charge in [0, 0.05) is 25.6 Å². The van der Waals surface area contributed by atoms with Crippen LogP contribution in [-0.2, 0) is 12.0 Å². The van der Waals surface area contributed by atoms with Crippen molar-refractivity contribution in [2.75, 3.05) is 34.4 Å². The van der Waals surface area contributed by atoms with Crippen molar-refractivity contribution in [3.63, 3.8) is 0 Å². The number of nitrogens with one attached hydrogen (secondary N) is 2. The summed E-state index contributed by atoms with van der Waals surface area (Å²) in [5, 5.41) is 6.64. The molecule has 0 aliphatic heterocycles. The average molecular weight is 543 g/mol. The molecule has 2 aromatic carbocycles. The van der Waals surface area contributed by atoms with Gasteiger partial charge in [-0.25, -0.2) is 4.39 Å². The van der Waals surface area contributed by atoms with Crippen LogP contribution in [0.15, 0.2) is 41.4 Å². The van der Waals surface area contributed by atoms with Gasteiger partial charge in [0.15, 0.2) is 17.5 Å². The summed E-state index contributed by atoms with van der Waals surface area (Å²) < 4.78 is 30.8. The molecule has 1 aliphatic carbocycles. The second-order valence-electron chi connectivity index (χ2n) is 7.30. The zero-order chi connectivity index (χ0) is 21.6. The molecule has 0 unspecified atom stereocenters. The predicted molar refractivity (Wildman–Crippen MR) is 132 cm³/mol. The fourth-order valence-electron chi connectivity index (χ4n) is 3.57. The molecule has 2 aromatic rings. The standard InChI is InChI=1S/C23H30FN3O3.HI/c1-5-30-21-19(28-3)12-16(13-20(21)29-4)14-26-22(25-2)27-15-23(10-11-23)17-8-6-7-9-18(17)24;/h6-9,12-13H,5,10-11,14-15H2,1-4H3,(H2,25,26,27);1H. The average Bonchev–Trinajstić information content (AvgIpc) is 3.55. The summed E-state index contributed by atoms with van der Waals surface area (Å²) >= 11 is 0. The van der Waals surface area contributed by atoms with E-state index < -0.39 is 0 Å². The van der Waals surface area contributed by atoms with Crippen LogP contribution in [0.3, 0.4) is 0 Å². The van der Waals surface area contributed by atoms with Crippen molar-refractivity contribution in [2.45, 2.75) is 31.7 Å². The Morgan fingerprint density at radius 2 is 1.74 bits per heavy atom. The molecule has 8 heteroatoms. The van der Waals surface area contributed by atoms with Gasteiger partial charge in [0.25, 0.3) is 0 Å². The van der Waals surface area contributed by atoms with Gasteiger partial charge in [-0.05, 0) is 49.1 Å². The van der Waals surface area contributed by atoms with E-state index in [-0.39, 0.29) is 35.2 Å². The van der Waals surface area contributed by atoms with Gasteiger partial charge in [0.1, 0.15) is 5.82 Å². The highest BCUT2D eigenvalue weighted by Crippen LogP contribution is 2.48. The molecule has 31 heavy (non-hydrogen) atoms. The fourth-order valence-corrected chi connectivity index (χ4v) is 3.57. The van der Waals surface area contributed by atoms with Crippen LogP contribution in [-0.4, -0.2) is 40.4 Å². The molecule has 170 valence electrons. The number of aliphatic imine (C=N–C) groups is 1. The molecule has 0 bridgehead atoms.